The van der Waals surface area contributed by atoms with Crippen LogP contribution in [0.15, 0.2) is 0 Å². The Hall–Kier alpha value is 0. The molecule has 0 amide bonds. The molecule has 0 N–H and O–H groups in total. The van der Waals surface area contributed by atoms with Gasteiger partial charge in [0.1, 0.15) is 0 Å². The summed E-state index contributed by atoms with van der Waals surface area (Å²) in [6.07, 6.45) is 7.68. The lowest BCUT2D eigenvalue weighted by Crippen LogP contribution is -2.05. The largest absolute Gasteiger partial charge is 0.0622 e. The average molecular weight is 124 g/mol. The lowest BCUT2D eigenvalue weighted by atomic mass is 9.93. The van der Waals surface area contributed by atoms with E-state index in [0.29, 0.717) is 0 Å². The molecule has 0 heterocycles. The summed E-state index contributed by atoms with van der Waals surface area (Å²) < 4.78 is 0. The fourth-order valence-electron chi connectivity index (χ4n) is 2.40. The summed E-state index contributed by atoms with van der Waals surface area (Å²) in [6.45, 7) is 2.44. The van der Waals surface area contributed by atoms with Crippen molar-refractivity contribution < 1.29 is 0 Å². The lowest BCUT2D eigenvalue weighted by Gasteiger charge is -2.12. The highest BCUT2D eigenvalue weighted by atomic mass is 14.4. The van der Waals surface area contributed by atoms with Gasteiger partial charge in [0, 0.05) is 0 Å². The SMILES string of the molecule is C[C@H]1CCCC1C1CC1. The Morgan fingerprint density at radius 1 is 1.00 bits per heavy atom. The normalized spacial score (nSPS) is 43.7. The van der Waals surface area contributed by atoms with E-state index in [1.54, 1.807) is 19.3 Å². The Labute approximate surface area is 57.6 Å². The van der Waals surface area contributed by atoms with Crippen molar-refractivity contribution >= 4 is 0 Å². The van der Waals surface area contributed by atoms with Crippen molar-refractivity contribution in [2.75, 3.05) is 0 Å². The third kappa shape index (κ3) is 0.997. The highest BCUT2D eigenvalue weighted by Gasteiger charge is 2.36. The van der Waals surface area contributed by atoms with Crippen molar-refractivity contribution in [3.05, 3.63) is 0 Å². The van der Waals surface area contributed by atoms with Gasteiger partial charge in [-0.05, 0) is 37.0 Å². The third-order valence-electron chi connectivity index (χ3n) is 3.16. The predicted molar refractivity (Wildman–Crippen MR) is 39.2 cm³/mol. The maximum absolute atomic E-state index is 2.44. The van der Waals surface area contributed by atoms with Crippen LogP contribution in [0.5, 0.6) is 0 Å². The van der Waals surface area contributed by atoms with Crippen LogP contribution < -0.4 is 0 Å². The Morgan fingerprint density at radius 3 is 2.22 bits per heavy atom. The molecule has 52 valence electrons. The molecule has 0 aromatic heterocycles. The molecular formula is C9H16. The van der Waals surface area contributed by atoms with E-state index in [1.165, 1.54) is 18.8 Å². The Bertz CT molecular complexity index is 103. The zero-order valence-electron chi connectivity index (χ0n) is 6.27. The quantitative estimate of drug-likeness (QED) is 0.504. The second-order valence-electron chi connectivity index (χ2n) is 3.91. The van der Waals surface area contributed by atoms with Crippen molar-refractivity contribution in [2.24, 2.45) is 17.8 Å². The summed E-state index contributed by atoms with van der Waals surface area (Å²) in [6, 6.07) is 0. The molecule has 2 atom stereocenters. The molecule has 0 aromatic carbocycles. The Kier molecular flexibility index (Phi) is 1.28. The van der Waals surface area contributed by atoms with Crippen LogP contribution in [0, 0.1) is 17.8 Å². The first-order valence-electron chi connectivity index (χ1n) is 4.38. The molecule has 2 rings (SSSR count). The summed E-state index contributed by atoms with van der Waals surface area (Å²) in [4.78, 5) is 0. The van der Waals surface area contributed by atoms with Crippen molar-refractivity contribution in [3.8, 4) is 0 Å². The minimum Gasteiger partial charge on any atom is -0.0622 e. The summed E-state index contributed by atoms with van der Waals surface area (Å²) in [5, 5.41) is 0. The van der Waals surface area contributed by atoms with Crippen molar-refractivity contribution in [1.29, 1.82) is 0 Å². The molecule has 0 heteroatoms. The average Bonchev–Trinajstić information content (AvgIpc) is 2.58. The van der Waals surface area contributed by atoms with Crippen LogP contribution in [-0.2, 0) is 0 Å². The van der Waals surface area contributed by atoms with Crippen molar-refractivity contribution in [1.82, 2.24) is 0 Å². The molecule has 2 fully saturated rings. The fourth-order valence-corrected chi connectivity index (χ4v) is 2.40. The van der Waals surface area contributed by atoms with E-state index in [4.69, 9.17) is 0 Å². The fraction of sp³-hybridized carbons (Fsp3) is 1.00. The predicted octanol–water partition coefficient (Wildman–Crippen LogP) is 2.83. The van der Waals surface area contributed by atoms with Gasteiger partial charge in [-0.2, -0.15) is 0 Å². The smallest absolute Gasteiger partial charge is 0.0360 e. The molecule has 0 aliphatic heterocycles. The zero-order valence-corrected chi connectivity index (χ0v) is 6.27. The highest BCUT2D eigenvalue weighted by Crippen LogP contribution is 2.47. The summed E-state index contributed by atoms with van der Waals surface area (Å²) in [5.74, 6) is 3.38. The van der Waals surface area contributed by atoms with E-state index >= 15 is 0 Å². The molecule has 0 aromatic rings. The van der Waals surface area contributed by atoms with E-state index in [2.05, 4.69) is 6.92 Å². The van der Waals surface area contributed by atoms with Crippen LogP contribution in [0.3, 0.4) is 0 Å². The van der Waals surface area contributed by atoms with Gasteiger partial charge >= 0.3 is 0 Å². The van der Waals surface area contributed by atoms with Crippen molar-refractivity contribution in [2.45, 2.75) is 39.0 Å². The first-order valence-corrected chi connectivity index (χ1v) is 4.38. The zero-order chi connectivity index (χ0) is 6.27. The number of hydrogen-bond acceptors (Lipinski definition) is 0. The molecular weight excluding hydrogens is 108 g/mol. The molecule has 2 aliphatic rings. The molecule has 0 spiro atoms. The molecule has 9 heavy (non-hydrogen) atoms. The molecule has 2 aliphatic carbocycles. The number of rotatable bonds is 1. The van der Waals surface area contributed by atoms with Gasteiger partial charge in [-0.15, -0.1) is 0 Å². The van der Waals surface area contributed by atoms with Gasteiger partial charge < -0.3 is 0 Å². The van der Waals surface area contributed by atoms with Crippen molar-refractivity contribution in [3.63, 3.8) is 0 Å². The van der Waals surface area contributed by atoms with Crippen LogP contribution in [-0.4, -0.2) is 0 Å². The third-order valence-corrected chi connectivity index (χ3v) is 3.16. The van der Waals surface area contributed by atoms with Crippen LogP contribution in [0.25, 0.3) is 0 Å². The van der Waals surface area contributed by atoms with E-state index in [1.807, 2.05) is 0 Å². The maximum atomic E-state index is 2.44. The number of hydrogen-bond donors (Lipinski definition) is 0. The van der Waals surface area contributed by atoms with E-state index in [-0.39, 0.29) is 0 Å². The topological polar surface area (TPSA) is 0 Å². The van der Waals surface area contributed by atoms with Gasteiger partial charge in [0.05, 0.1) is 0 Å². The maximum Gasteiger partial charge on any atom is -0.0360 e. The van der Waals surface area contributed by atoms with Gasteiger partial charge in [-0.3, -0.25) is 0 Å². The minimum atomic E-state index is 1.07. The Balaban J connectivity index is 1.93. The lowest BCUT2D eigenvalue weighted by molar-refractivity contribution is 0.371. The van der Waals surface area contributed by atoms with Crippen LogP contribution in [0.4, 0.5) is 0 Å². The Morgan fingerprint density at radius 2 is 1.78 bits per heavy atom. The first kappa shape index (κ1) is 5.76. The van der Waals surface area contributed by atoms with Gasteiger partial charge in [-0.1, -0.05) is 19.8 Å². The van der Waals surface area contributed by atoms with Gasteiger partial charge in [-0.25, -0.2) is 0 Å². The molecule has 0 bridgehead atoms. The van der Waals surface area contributed by atoms with Crippen LogP contribution in [0.1, 0.15) is 39.0 Å². The second-order valence-corrected chi connectivity index (χ2v) is 3.91. The van der Waals surface area contributed by atoms with E-state index in [9.17, 15) is 0 Å². The standard InChI is InChI=1S/C9H16/c1-7-3-2-4-9(7)8-5-6-8/h7-9H,2-6H2,1H3/t7-,9?/m0/s1. The van der Waals surface area contributed by atoms with Crippen LogP contribution >= 0.6 is 0 Å². The molecule has 0 radical (unpaired) electrons. The minimum absolute atomic E-state index is 1.07. The van der Waals surface area contributed by atoms with E-state index in [0.717, 1.165) is 11.8 Å². The summed E-state index contributed by atoms with van der Waals surface area (Å²) in [7, 11) is 0. The molecule has 0 saturated heterocycles. The van der Waals surface area contributed by atoms with Crippen LogP contribution in [0.2, 0.25) is 0 Å². The monoisotopic (exact) mass is 124 g/mol. The van der Waals surface area contributed by atoms with Gasteiger partial charge in [0.2, 0.25) is 0 Å². The summed E-state index contributed by atoms with van der Waals surface area (Å²) >= 11 is 0. The highest BCUT2D eigenvalue weighted by molar-refractivity contribution is 4.87. The molecule has 2 saturated carbocycles. The summed E-state index contributed by atoms with van der Waals surface area (Å²) in [5.41, 5.74) is 0. The molecule has 0 nitrogen and oxygen atoms in total. The van der Waals surface area contributed by atoms with Gasteiger partial charge in [0.15, 0.2) is 0 Å². The van der Waals surface area contributed by atoms with Gasteiger partial charge in [0.25, 0.3) is 0 Å². The first-order chi connectivity index (χ1) is 4.38. The molecule has 1 unspecified atom stereocenters. The second kappa shape index (κ2) is 2.00. The van der Waals surface area contributed by atoms with E-state index < -0.39 is 0 Å².